The van der Waals surface area contributed by atoms with Crippen LogP contribution in [0.3, 0.4) is 0 Å². The summed E-state index contributed by atoms with van der Waals surface area (Å²) in [6, 6.07) is 4.47. The van der Waals surface area contributed by atoms with Crippen molar-refractivity contribution in [3.63, 3.8) is 0 Å². The Hall–Kier alpha value is -0.550. The fraction of sp³-hybridized carbons (Fsp3) is 0.455. The molecule has 2 unspecified atom stereocenters. The number of benzene rings is 1. The van der Waals surface area contributed by atoms with Gasteiger partial charge >= 0.3 is 0 Å². The van der Waals surface area contributed by atoms with Crippen LogP contribution in [0.15, 0.2) is 45.0 Å². The summed E-state index contributed by atoms with van der Waals surface area (Å²) in [7, 11) is 0. The zero-order valence-corrected chi connectivity index (χ0v) is 19.8. The van der Waals surface area contributed by atoms with E-state index in [0.29, 0.717) is 17.9 Å². The Kier molecular flexibility index (Phi) is 7.66. The normalized spacial score (nSPS) is 26.0. The van der Waals surface area contributed by atoms with Gasteiger partial charge in [0.1, 0.15) is 0 Å². The molecule has 1 saturated heterocycles. The molecule has 1 aromatic carbocycles. The van der Waals surface area contributed by atoms with E-state index in [1.807, 2.05) is 19.9 Å². The van der Waals surface area contributed by atoms with Gasteiger partial charge in [0.25, 0.3) is 0 Å². The lowest BCUT2D eigenvalue weighted by Gasteiger charge is -2.41. The van der Waals surface area contributed by atoms with Crippen LogP contribution >= 0.6 is 43.5 Å². The fourth-order valence-corrected chi connectivity index (χ4v) is 5.92. The Labute approximate surface area is 184 Å². The molecule has 3 aliphatic rings. The molecule has 146 valence electrons. The van der Waals surface area contributed by atoms with Gasteiger partial charge in [0.05, 0.1) is 6.04 Å². The molecule has 1 aliphatic carbocycles. The average molecular weight is 515 g/mol. The molecule has 2 atom stereocenters. The lowest BCUT2D eigenvalue weighted by molar-refractivity contribution is 0.286. The third-order valence-corrected chi connectivity index (χ3v) is 6.82. The monoisotopic (exact) mass is 512 g/mol. The van der Waals surface area contributed by atoms with E-state index in [0.717, 1.165) is 33.5 Å². The quantitative estimate of drug-likeness (QED) is 0.433. The van der Waals surface area contributed by atoms with Gasteiger partial charge in [-0.2, -0.15) is 0 Å². The van der Waals surface area contributed by atoms with E-state index in [1.54, 1.807) is 0 Å². The van der Waals surface area contributed by atoms with Crippen molar-refractivity contribution in [3.8, 4) is 0 Å². The summed E-state index contributed by atoms with van der Waals surface area (Å²) in [4.78, 5) is 0. The van der Waals surface area contributed by atoms with Gasteiger partial charge in [0.2, 0.25) is 0 Å². The maximum Gasteiger partial charge on any atom is 0.0547 e. The first-order chi connectivity index (χ1) is 13.1. The van der Waals surface area contributed by atoms with Crippen molar-refractivity contribution in [1.82, 2.24) is 10.6 Å². The Bertz CT molecular complexity index is 764. The van der Waals surface area contributed by atoms with E-state index in [9.17, 15) is 0 Å². The molecule has 2 aliphatic heterocycles. The minimum absolute atomic E-state index is 0.325. The van der Waals surface area contributed by atoms with Crippen molar-refractivity contribution in [2.24, 2.45) is 5.92 Å². The third kappa shape index (κ3) is 4.72. The van der Waals surface area contributed by atoms with Crippen molar-refractivity contribution in [2.75, 3.05) is 13.1 Å². The smallest absolute Gasteiger partial charge is 0.0547 e. The first-order valence-electron chi connectivity index (χ1n) is 9.82. The SMILES string of the molecule is CC.Clc1cc(Br)c2c(c1)/C=C\CC1=CC(Br)=CNC1C2C1CCNCC1. The van der Waals surface area contributed by atoms with Crippen LogP contribution in [0.2, 0.25) is 5.02 Å². The first-order valence-corrected chi connectivity index (χ1v) is 11.8. The van der Waals surface area contributed by atoms with E-state index in [-0.39, 0.29) is 0 Å². The van der Waals surface area contributed by atoms with Gasteiger partial charge < -0.3 is 10.6 Å². The molecule has 4 rings (SSSR count). The highest BCUT2D eigenvalue weighted by Gasteiger charge is 2.37. The van der Waals surface area contributed by atoms with Crippen LogP contribution in [0, 0.1) is 5.92 Å². The summed E-state index contributed by atoms with van der Waals surface area (Å²) < 4.78 is 2.24. The van der Waals surface area contributed by atoms with Gasteiger partial charge in [0.15, 0.2) is 0 Å². The number of hydrogen-bond acceptors (Lipinski definition) is 2. The van der Waals surface area contributed by atoms with Gasteiger partial charge in [-0.3, -0.25) is 0 Å². The highest BCUT2D eigenvalue weighted by Crippen LogP contribution is 2.45. The Morgan fingerprint density at radius 3 is 2.59 bits per heavy atom. The molecule has 0 aromatic heterocycles. The second kappa shape index (κ2) is 9.78. The molecule has 27 heavy (non-hydrogen) atoms. The first kappa shape index (κ1) is 21.2. The lowest BCUT2D eigenvalue weighted by atomic mass is 9.71. The zero-order chi connectivity index (χ0) is 19.4. The Morgan fingerprint density at radius 1 is 1.11 bits per heavy atom. The maximum absolute atomic E-state index is 6.35. The van der Waals surface area contributed by atoms with Crippen molar-refractivity contribution < 1.29 is 0 Å². The molecule has 2 nitrogen and oxygen atoms in total. The van der Waals surface area contributed by atoms with E-state index >= 15 is 0 Å². The van der Waals surface area contributed by atoms with Gasteiger partial charge in [-0.1, -0.05) is 53.5 Å². The largest absolute Gasteiger partial charge is 0.383 e. The van der Waals surface area contributed by atoms with Crippen molar-refractivity contribution in [3.05, 3.63) is 61.2 Å². The predicted octanol–water partition coefficient (Wildman–Crippen LogP) is 6.76. The fourth-order valence-electron chi connectivity index (χ4n) is 4.40. The van der Waals surface area contributed by atoms with Crippen LogP contribution in [0.25, 0.3) is 6.08 Å². The molecular formula is C22H27Br2ClN2. The zero-order valence-electron chi connectivity index (χ0n) is 15.9. The molecule has 2 N–H and O–H groups in total. The average Bonchev–Trinajstić information content (AvgIpc) is 2.66. The molecular weight excluding hydrogens is 488 g/mol. The number of hydrogen-bond donors (Lipinski definition) is 2. The summed E-state index contributed by atoms with van der Waals surface area (Å²) in [6.07, 6.45) is 12.3. The van der Waals surface area contributed by atoms with Gasteiger partial charge in [-0.05, 0) is 89.1 Å². The highest BCUT2D eigenvalue weighted by atomic mass is 79.9. The van der Waals surface area contributed by atoms with Gasteiger partial charge in [0, 0.05) is 26.1 Å². The van der Waals surface area contributed by atoms with Gasteiger partial charge in [-0.25, -0.2) is 0 Å². The maximum atomic E-state index is 6.35. The van der Waals surface area contributed by atoms with Gasteiger partial charge in [-0.15, -0.1) is 0 Å². The molecule has 1 aromatic rings. The van der Waals surface area contributed by atoms with E-state index in [4.69, 9.17) is 11.6 Å². The Morgan fingerprint density at radius 2 is 1.85 bits per heavy atom. The van der Waals surface area contributed by atoms with Crippen LogP contribution in [0.1, 0.15) is 50.2 Å². The summed E-state index contributed by atoms with van der Waals surface area (Å²) in [5, 5.41) is 7.98. The molecule has 0 bridgehead atoms. The molecule has 0 radical (unpaired) electrons. The minimum Gasteiger partial charge on any atom is -0.383 e. The molecule has 0 saturated carbocycles. The molecule has 0 amide bonds. The number of halogens is 3. The summed E-state index contributed by atoms with van der Waals surface area (Å²) in [5.74, 6) is 1.08. The second-order valence-corrected chi connectivity index (χ2v) is 9.21. The number of fused-ring (bicyclic) bond motifs is 2. The number of nitrogens with one attached hydrogen (secondary N) is 2. The minimum atomic E-state index is 0.325. The van der Waals surface area contributed by atoms with E-state index in [1.165, 1.54) is 29.5 Å². The number of piperidine rings is 1. The van der Waals surface area contributed by atoms with E-state index in [2.05, 4.69) is 73.0 Å². The summed E-state index contributed by atoms with van der Waals surface area (Å²) >= 11 is 13.8. The van der Waals surface area contributed by atoms with Crippen molar-refractivity contribution >= 4 is 49.5 Å². The molecule has 5 heteroatoms. The third-order valence-electron chi connectivity index (χ3n) is 5.48. The van der Waals surface area contributed by atoms with Crippen LogP contribution < -0.4 is 10.6 Å². The van der Waals surface area contributed by atoms with Crippen molar-refractivity contribution in [2.45, 2.75) is 45.1 Å². The lowest BCUT2D eigenvalue weighted by Crippen LogP contribution is -2.42. The second-order valence-electron chi connectivity index (χ2n) is 7.00. The van der Waals surface area contributed by atoms with E-state index < -0.39 is 0 Å². The van der Waals surface area contributed by atoms with Crippen LogP contribution in [-0.2, 0) is 0 Å². The number of dihydropyridines is 1. The predicted molar refractivity (Wildman–Crippen MR) is 125 cm³/mol. The van der Waals surface area contributed by atoms with Crippen LogP contribution in [0.5, 0.6) is 0 Å². The van der Waals surface area contributed by atoms with Crippen LogP contribution in [-0.4, -0.2) is 19.1 Å². The number of rotatable bonds is 1. The van der Waals surface area contributed by atoms with Crippen molar-refractivity contribution in [1.29, 1.82) is 0 Å². The molecule has 2 heterocycles. The topological polar surface area (TPSA) is 24.1 Å². The summed E-state index contributed by atoms with van der Waals surface area (Å²) in [6.45, 7) is 6.20. The summed E-state index contributed by atoms with van der Waals surface area (Å²) in [5.41, 5.74) is 4.08. The number of allylic oxidation sites excluding steroid dienone is 3. The standard InChI is InChI=1S/C20H21Br2ClN2.C2H6/c21-15-8-14-3-1-2-13-9-16(23)10-17(22)18(13)19(20(14)25-11-15)12-4-6-24-7-5-12;1-2/h1-2,8-12,19-20,24-25H,3-7H2;1-2H3/b2-1-;. The molecule has 0 spiro atoms. The Balaban J connectivity index is 0.00000102. The molecule has 1 fully saturated rings. The van der Waals surface area contributed by atoms with Crippen LogP contribution in [0.4, 0.5) is 0 Å². The highest BCUT2D eigenvalue weighted by molar-refractivity contribution is 9.12.